The van der Waals surface area contributed by atoms with E-state index in [9.17, 15) is 54.3 Å². The predicted octanol–water partition coefficient (Wildman–Crippen LogP) is -3.24. The Bertz CT molecular complexity index is 2700. The summed E-state index contributed by atoms with van der Waals surface area (Å²) < 4.78 is 106. The second kappa shape index (κ2) is 38.0. The minimum absolute atomic E-state index is 0.0503. The van der Waals surface area contributed by atoms with Crippen molar-refractivity contribution in [2.45, 2.75) is 89.6 Å². The zero-order valence-electron chi connectivity index (χ0n) is 41.9. The van der Waals surface area contributed by atoms with Crippen LogP contribution in [0.25, 0.3) is 0 Å². The van der Waals surface area contributed by atoms with E-state index in [4.69, 9.17) is 32.8 Å². The number of carboxylic acid groups (broad SMARTS) is 1. The number of aliphatic carboxylic acids is 1. The highest BCUT2D eigenvalue weighted by Crippen LogP contribution is 2.16. The second-order valence-electron chi connectivity index (χ2n) is 15.5. The van der Waals surface area contributed by atoms with Crippen molar-refractivity contribution in [3.8, 4) is 0 Å². The van der Waals surface area contributed by atoms with Gasteiger partial charge in [0.15, 0.2) is 11.6 Å². The Hall–Kier alpha value is -5.64. The molecule has 0 bridgehead atoms. The Kier molecular flexibility index (Phi) is 35.2. The van der Waals surface area contributed by atoms with Gasteiger partial charge in [-0.3, -0.25) is 37.6 Å². The second-order valence-corrected chi connectivity index (χ2v) is 20.7. The van der Waals surface area contributed by atoms with E-state index < -0.39 is 92.4 Å². The van der Waals surface area contributed by atoms with Gasteiger partial charge in [-0.1, -0.05) is 22.6 Å². The Morgan fingerprint density at radius 3 is 1.32 bits per heavy atom. The summed E-state index contributed by atoms with van der Waals surface area (Å²) in [5.74, 6) is -3.52. The van der Waals surface area contributed by atoms with Crippen LogP contribution in [0, 0.1) is 11.8 Å². The van der Waals surface area contributed by atoms with Gasteiger partial charge in [-0.05, 0) is 38.8 Å². The number of Topliss-reactive ketones (excluding diaryl/α,β-unsaturated/α-hetero) is 3. The fourth-order valence-corrected chi connectivity index (χ4v) is 8.13. The number of ketones is 3. The number of carbonyl (C=O) groups excluding carboxylic acids is 8. The van der Waals surface area contributed by atoms with Crippen molar-refractivity contribution in [2.24, 2.45) is 11.8 Å². The lowest BCUT2D eigenvalue weighted by Crippen LogP contribution is -2.46. The first kappa shape index (κ1) is 71.4. The van der Waals surface area contributed by atoms with Crippen molar-refractivity contribution in [3.63, 3.8) is 0 Å². The number of nitrogens with zero attached hydrogens (tertiary/aromatic N) is 9. The molecule has 34 nitrogen and oxygen atoms in total. The fraction of sp³-hybridized carbons (Fsp3) is 0.658. The van der Waals surface area contributed by atoms with Crippen LogP contribution in [-0.4, -0.2) is 207 Å². The van der Waals surface area contributed by atoms with Crippen molar-refractivity contribution in [3.05, 3.63) is 35.7 Å². The van der Waals surface area contributed by atoms with Gasteiger partial charge in [-0.2, -0.15) is 68.0 Å². The van der Waals surface area contributed by atoms with E-state index in [2.05, 4.69) is 59.4 Å². The number of hydrogen-bond donors (Lipinski definition) is 7. The molecule has 0 spiro atoms. The van der Waals surface area contributed by atoms with E-state index in [0.717, 1.165) is 12.2 Å². The molecule has 0 aliphatic heterocycles. The van der Waals surface area contributed by atoms with Gasteiger partial charge in [0.1, 0.15) is 5.78 Å². The quantitative estimate of drug-likeness (QED) is 0.0222. The predicted molar refractivity (Wildman–Crippen MR) is 262 cm³/mol. The largest absolute Gasteiger partial charge is 0.481 e. The summed E-state index contributed by atoms with van der Waals surface area (Å²) in [6, 6.07) is -2.35. The first-order valence-electron chi connectivity index (χ1n) is 22.0. The smallest absolute Gasteiger partial charge is 0.397 e. The molecule has 3 aromatic rings. The van der Waals surface area contributed by atoms with E-state index in [1.54, 1.807) is 31.3 Å². The number of carbonyl (C=O) groups is 5. The number of nitrogens with one attached hydrogen (secondary N) is 3. The Labute approximate surface area is 450 Å². The molecule has 0 aromatic carbocycles. The number of aromatic nitrogens is 9. The highest BCUT2D eigenvalue weighted by Gasteiger charge is 2.31. The maximum absolute atomic E-state index is 13.3. The van der Waals surface area contributed by atoms with Gasteiger partial charge in [0, 0.05) is 68.8 Å². The molecule has 0 saturated carbocycles. The molecule has 0 fully saturated rings. The average molecular weight is 1200 g/mol. The molecule has 0 aliphatic carbocycles. The molecule has 0 saturated heterocycles. The van der Waals surface area contributed by atoms with Crippen LogP contribution >= 0.6 is 23.5 Å². The summed E-state index contributed by atoms with van der Waals surface area (Å²) in [6.45, 7) is 0.322. The summed E-state index contributed by atoms with van der Waals surface area (Å²) in [5, 5.41) is 41.2. The third kappa shape index (κ3) is 34.0. The summed E-state index contributed by atoms with van der Waals surface area (Å²) in [6.07, 6.45) is 9.63. The molecule has 77 heavy (non-hydrogen) atoms. The van der Waals surface area contributed by atoms with Crippen molar-refractivity contribution in [1.82, 2.24) is 60.9 Å². The lowest BCUT2D eigenvalue weighted by atomic mass is 9.94. The van der Waals surface area contributed by atoms with Crippen LogP contribution in [0.15, 0.2) is 18.6 Å². The molecule has 7 N–H and O–H groups in total. The molecular formula is C38H60N12O22S5. The molecule has 3 rings (SSSR count). The van der Waals surface area contributed by atoms with Gasteiger partial charge in [0.05, 0.1) is 80.6 Å². The average Bonchev–Trinajstić information content (AvgIpc) is 4.11. The molecule has 39 heteroatoms. The van der Waals surface area contributed by atoms with Crippen molar-refractivity contribution < 1.29 is 99.7 Å². The summed E-state index contributed by atoms with van der Waals surface area (Å²) >= 11 is 2.95. The van der Waals surface area contributed by atoms with E-state index in [0.29, 0.717) is 24.2 Å². The summed E-state index contributed by atoms with van der Waals surface area (Å²) in [4.78, 5) is 95.9. The highest BCUT2D eigenvalue weighted by molar-refractivity contribution is 7.98. The van der Waals surface area contributed by atoms with Gasteiger partial charge in [-0.25, -0.2) is 26.6 Å². The van der Waals surface area contributed by atoms with Crippen LogP contribution in [0.5, 0.6) is 0 Å². The first-order valence-corrected chi connectivity index (χ1v) is 28.9. The van der Waals surface area contributed by atoms with E-state index >= 15 is 0 Å². The third-order valence-electron chi connectivity index (χ3n) is 9.73. The SMILES string of the molecule is CN[C@@H](Cc1cn(CCOS(=O)(=O)O)nn1)C(=O)CCCSC.CN[C@@H](Cc1cn(CCOS(=O)(=O)O)nn1)C(=O)C[C@@H](C)C(=O)N[C@@H](Cc1cn(CCOS(=O)(=O)O)nn1)C(=O)C[C@@H](CSC)C(=O)O.O=C=O.O=C=O. The van der Waals surface area contributed by atoms with Crippen molar-refractivity contribution in [2.75, 3.05) is 57.9 Å². The molecule has 3 heterocycles. The standard InChI is InChI=1S/C24H38N8O13S3.C12H22N4O5S2.2CO2/c1-15(8-21(33)19(25-2)10-17-12-31(29-27-17)4-6-44-47(38,39)40)23(35)26-20(22(34)9-16(14-46-3)24(36)37)11-18-13-32(30-28-18)5-7-45-48(41,42)43;1-13-11(12(17)4-3-7-22-2)8-10-9-16(15-14-10)5-6-21-23(18,19)20;2*2-1-3/h12-13,15-16,19-20,25H,4-11,14H2,1-3H3,(H,26,35)(H,36,37)(H,38,39,40)(H,41,42,43);9,11,13H,3-8H2,1-2H3,(H,18,19,20);;/t15-,16+,19+,20+;11-;;/m10../s1. The molecule has 3 aromatic heterocycles. The summed E-state index contributed by atoms with van der Waals surface area (Å²) in [5.41, 5.74) is 1.19. The highest BCUT2D eigenvalue weighted by atomic mass is 32.3. The molecule has 5 atom stereocenters. The van der Waals surface area contributed by atoms with E-state index in [1.807, 2.05) is 6.26 Å². The van der Waals surface area contributed by atoms with Crippen LogP contribution in [0.3, 0.4) is 0 Å². The van der Waals surface area contributed by atoms with Crippen LogP contribution in [0.2, 0.25) is 0 Å². The monoisotopic (exact) mass is 1200 g/mol. The number of likely N-dealkylation sites (N-methyl/N-ethyl adjacent to an activating group) is 2. The number of thioether (sulfide) groups is 2. The maximum Gasteiger partial charge on any atom is 0.397 e. The first-order chi connectivity index (χ1) is 36.1. The molecule has 0 unspecified atom stereocenters. The van der Waals surface area contributed by atoms with Gasteiger partial charge >= 0.3 is 49.5 Å². The van der Waals surface area contributed by atoms with Crippen LogP contribution in [0.1, 0.15) is 49.7 Å². The van der Waals surface area contributed by atoms with Gasteiger partial charge in [-0.15, -0.1) is 15.3 Å². The van der Waals surface area contributed by atoms with E-state index in [1.165, 1.54) is 52.2 Å². The lowest BCUT2D eigenvalue weighted by molar-refractivity contribution is -0.193. The van der Waals surface area contributed by atoms with Crippen LogP contribution in [-0.2, 0) is 126 Å². The summed E-state index contributed by atoms with van der Waals surface area (Å²) in [7, 11) is -10.5. The maximum atomic E-state index is 13.3. The Morgan fingerprint density at radius 1 is 0.623 bits per heavy atom. The number of rotatable bonds is 36. The van der Waals surface area contributed by atoms with Gasteiger partial charge < -0.3 is 21.1 Å². The zero-order valence-corrected chi connectivity index (χ0v) is 46.0. The molecule has 0 radical (unpaired) electrons. The number of hydrogen-bond acceptors (Lipinski definition) is 28. The topological polar surface area (TPSA) is 493 Å². The minimum atomic E-state index is -4.67. The normalized spacial score (nSPS) is 13.2. The van der Waals surface area contributed by atoms with Crippen LogP contribution < -0.4 is 16.0 Å². The molecule has 1 amide bonds. The molecule has 434 valence electrons. The zero-order chi connectivity index (χ0) is 58.8. The third-order valence-corrected chi connectivity index (χ3v) is 12.6. The Morgan fingerprint density at radius 2 is 0.987 bits per heavy atom. The number of amides is 1. The Balaban J connectivity index is 0.00000165. The minimum Gasteiger partial charge on any atom is -0.481 e. The van der Waals surface area contributed by atoms with Crippen molar-refractivity contribution in [1.29, 1.82) is 0 Å². The van der Waals surface area contributed by atoms with Crippen LogP contribution in [0.4, 0.5) is 0 Å². The van der Waals surface area contributed by atoms with Gasteiger partial charge in [0.25, 0.3) is 0 Å². The van der Waals surface area contributed by atoms with Gasteiger partial charge in [0.2, 0.25) is 5.91 Å². The molecule has 0 aliphatic rings. The lowest BCUT2D eigenvalue weighted by Gasteiger charge is -2.22. The molecular weight excluding hydrogens is 1140 g/mol. The van der Waals surface area contributed by atoms with Crippen molar-refractivity contribution >= 4 is 96.2 Å². The van der Waals surface area contributed by atoms with E-state index in [-0.39, 0.29) is 86.9 Å². The number of carboxylic acids is 1. The fourth-order valence-electron chi connectivity index (χ4n) is 6.18.